The van der Waals surface area contributed by atoms with Gasteiger partial charge in [0.1, 0.15) is 0 Å². The van der Waals surface area contributed by atoms with Crippen molar-refractivity contribution in [3.8, 4) is 0 Å². The Kier molecular flexibility index (Phi) is 4.45. The summed E-state index contributed by atoms with van der Waals surface area (Å²) in [7, 11) is 2.15. The maximum atomic E-state index is 10.6. The van der Waals surface area contributed by atoms with Gasteiger partial charge < -0.3 is 14.9 Å². The Bertz CT molecular complexity index is 228. The molecule has 0 aromatic carbocycles. The Hall–Kier alpha value is -0.120. The third kappa shape index (κ3) is 3.67. The summed E-state index contributed by atoms with van der Waals surface area (Å²) in [5.74, 6) is 0.929. The third-order valence-electron chi connectivity index (χ3n) is 4.72. The van der Waals surface area contributed by atoms with Gasteiger partial charge in [-0.05, 0) is 51.7 Å². The van der Waals surface area contributed by atoms with Crippen molar-refractivity contribution in [3.05, 3.63) is 0 Å². The molecule has 0 unspecified atom stereocenters. The molecular weight excluding hydrogens is 212 g/mol. The van der Waals surface area contributed by atoms with Gasteiger partial charge in [0.25, 0.3) is 0 Å². The zero-order valence-electron chi connectivity index (χ0n) is 11.5. The van der Waals surface area contributed by atoms with Crippen LogP contribution in [-0.4, -0.2) is 60.3 Å². The molecule has 2 rings (SSSR count). The largest absolute Gasteiger partial charge is 0.388 e. The maximum absolute atomic E-state index is 10.6. The lowest BCUT2D eigenvalue weighted by molar-refractivity contribution is -0.0465. The molecule has 3 heteroatoms. The Morgan fingerprint density at radius 3 is 2.24 bits per heavy atom. The average molecular weight is 240 g/mol. The summed E-state index contributed by atoms with van der Waals surface area (Å²) in [6.45, 7) is 7.67. The molecule has 2 aliphatic rings. The van der Waals surface area contributed by atoms with Gasteiger partial charge >= 0.3 is 0 Å². The predicted octanol–water partition coefficient (Wildman–Crippen LogP) is 1.57. The van der Waals surface area contributed by atoms with E-state index in [1.807, 2.05) is 0 Å². The molecular formula is C14H28N2O. The molecule has 100 valence electrons. The fourth-order valence-electron chi connectivity index (χ4n) is 3.16. The van der Waals surface area contributed by atoms with E-state index in [9.17, 15) is 5.11 Å². The summed E-state index contributed by atoms with van der Waals surface area (Å²) in [6, 6.07) is 0. The van der Waals surface area contributed by atoms with Crippen LogP contribution in [0.3, 0.4) is 0 Å². The molecule has 2 fully saturated rings. The topological polar surface area (TPSA) is 26.7 Å². The third-order valence-corrected chi connectivity index (χ3v) is 4.72. The highest BCUT2D eigenvalue weighted by Gasteiger charge is 2.33. The second-order valence-electron chi connectivity index (χ2n) is 6.16. The lowest BCUT2D eigenvalue weighted by Gasteiger charge is -2.41. The highest BCUT2D eigenvalue weighted by atomic mass is 16.3. The Morgan fingerprint density at radius 1 is 1.12 bits per heavy atom. The fourth-order valence-corrected chi connectivity index (χ4v) is 3.16. The minimum Gasteiger partial charge on any atom is -0.388 e. The molecule has 2 saturated heterocycles. The maximum Gasteiger partial charge on any atom is 0.0798 e. The van der Waals surface area contributed by atoms with Crippen molar-refractivity contribution >= 4 is 0 Å². The van der Waals surface area contributed by atoms with Crippen molar-refractivity contribution in [2.45, 2.75) is 44.6 Å². The quantitative estimate of drug-likeness (QED) is 0.811. The summed E-state index contributed by atoms with van der Waals surface area (Å²) in [4.78, 5) is 4.80. The lowest BCUT2D eigenvalue weighted by Crippen LogP contribution is -2.51. The van der Waals surface area contributed by atoms with Crippen molar-refractivity contribution in [2.24, 2.45) is 5.92 Å². The van der Waals surface area contributed by atoms with Gasteiger partial charge in [0.2, 0.25) is 0 Å². The van der Waals surface area contributed by atoms with Crippen LogP contribution >= 0.6 is 0 Å². The first kappa shape index (κ1) is 13.3. The van der Waals surface area contributed by atoms with E-state index in [0.717, 1.165) is 38.4 Å². The van der Waals surface area contributed by atoms with Crippen LogP contribution in [0.15, 0.2) is 0 Å². The number of piperidine rings is 2. The highest BCUT2D eigenvalue weighted by Crippen LogP contribution is 2.26. The Morgan fingerprint density at radius 2 is 1.71 bits per heavy atom. The first-order chi connectivity index (χ1) is 8.11. The SMILES string of the molecule is CCC1CCN(CC2(O)CCN(C)CC2)CC1. The molecule has 0 aromatic heterocycles. The van der Waals surface area contributed by atoms with Gasteiger partial charge in [-0.25, -0.2) is 0 Å². The van der Waals surface area contributed by atoms with Crippen molar-refractivity contribution in [3.63, 3.8) is 0 Å². The number of hydrogen-bond donors (Lipinski definition) is 1. The molecule has 2 aliphatic heterocycles. The van der Waals surface area contributed by atoms with Crippen molar-refractivity contribution in [2.75, 3.05) is 39.8 Å². The number of β-amino-alcohol motifs (C(OH)–C–C–N with tert-alkyl or cyclic N) is 1. The number of hydrogen-bond acceptors (Lipinski definition) is 3. The summed E-state index contributed by atoms with van der Waals surface area (Å²) < 4.78 is 0. The molecule has 17 heavy (non-hydrogen) atoms. The van der Waals surface area contributed by atoms with Crippen molar-refractivity contribution < 1.29 is 5.11 Å². The fraction of sp³-hybridized carbons (Fsp3) is 1.00. The van der Waals surface area contributed by atoms with Crippen LogP contribution in [0.2, 0.25) is 0 Å². The summed E-state index contributed by atoms with van der Waals surface area (Å²) in [5.41, 5.74) is -0.411. The molecule has 0 saturated carbocycles. The first-order valence-electron chi connectivity index (χ1n) is 7.24. The van der Waals surface area contributed by atoms with E-state index in [1.165, 1.54) is 32.4 Å². The van der Waals surface area contributed by atoms with E-state index in [2.05, 4.69) is 23.8 Å². The summed E-state index contributed by atoms with van der Waals surface area (Å²) in [5, 5.41) is 10.6. The minimum absolute atomic E-state index is 0.411. The molecule has 0 aromatic rings. The van der Waals surface area contributed by atoms with Gasteiger partial charge in [-0.15, -0.1) is 0 Å². The molecule has 0 atom stereocenters. The van der Waals surface area contributed by atoms with Crippen LogP contribution in [0, 0.1) is 5.92 Å². The molecule has 1 N–H and O–H groups in total. The predicted molar refractivity (Wildman–Crippen MR) is 71.1 cm³/mol. The zero-order valence-corrected chi connectivity index (χ0v) is 11.5. The standard InChI is InChI=1S/C14H28N2O/c1-3-13-4-8-16(9-5-13)12-14(17)6-10-15(2)11-7-14/h13,17H,3-12H2,1-2H3. The van der Waals surface area contributed by atoms with Crippen LogP contribution in [0.1, 0.15) is 39.0 Å². The Balaban J connectivity index is 1.77. The second-order valence-corrected chi connectivity index (χ2v) is 6.16. The van der Waals surface area contributed by atoms with E-state index >= 15 is 0 Å². The molecule has 3 nitrogen and oxygen atoms in total. The molecule has 0 bridgehead atoms. The summed E-state index contributed by atoms with van der Waals surface area (Å²) in [6.07, 6.45) is 5.86. The van der Waals surface area contributed by atoms with Crippen LogP contribution in [0.4, 0.5) is 0 Å². The molecule has 0 amide bonds. The van der Waals surface area contributed by atoms with Crippen LogP contribution in [-0.2, 0) is 0 Å². The highest BCUT2D eigenvalue weighted by molar-refractivity contribution is 4.89. The van der Waals surface area contributed by atoms with Crippen LogP contribution < -0.4 is 0 Å². The van der Waals surface area contributed by atoms with E-state index < -0.39 is 5.60 Å². The van der Waals surface area contributed by atoms with Gasteiger partial charge in [0.05, 0.1) is 5.60 Å². The van der Waals surface area contributed by atoms with E-state index in [4.69, 9.17) is 0 Å². The van der Waals surface area contributed by atoms with Gasteiger partial charge in [-0.2, -0.15) is 0 Å². The normalized spacial score (nSPS) is 28.4. The lowest BCUT2D eigenvalue weighted by atomic mass is 9.89. The second kappa shape index (κ2) is 5.68. The van der Waals surface area contributed by atoms with Gasteiger partial charge in [-0.1, -0.05) is 13.3 Å². The monoisotopic (exact) mass is 240 g/mol. The molecule has 2 heterocycles. The van der Waals surface area contributed by atoms with E-state index in [-0.39, 0.29) is 0 Å². The smallest absolute Gasteiger partial charge is 0.0798 e. The van der Waals surface area contributed by atoms with Gasteiger partial charge in [0.15, 0.2) is 0 Å². The van der Waals surface area contributed by atoms with Crippen LogP contribution in [0.25, 0.3) is 0 Å². The minimum atomic E-state index is -0.411. The number of likely N-dealkylation sites (tertiary alicyclic amines) is 2. The first-order valence-corrected chi connectivity index (χ1v) is 7.24. The number of aliphatic hydroxyl groups is 1. The van der Waals surface area contributed by atoms with Gasteiger partial charge in [0, 0.05) is 19.6 Å². The van der Waals surface area contributed by atoms with Crippen molar-refractivity contribution in [1.29, 1.82) is 0 Å². The molecule has 0 radical (unpaired) electrons. The number of rotatable bonds is 3. The van der Waals surface area contributed by atoms with Gasteiger partial charge in [-0.3, -0.25) is 0 Å². The van der Waals surface area contributed by atoms with E-state index in [1.54, 1.807) is 0 Å². The molecule has 0 aliphatic carbocycles. The van der Waals surface area contributed by atoms with E-state index in [0.29, 0.717) is 0 Å². The Labute approximate surface area is 106 Å². The van der Waals surface area contributed by atoms with Crippen LogP contribution in [0.5, 0.6) is 0 Å². The average Bonchev–Trinajstić information content (AvgIpc) is 2.34. The molecule has 0 spiro atoms. The summed E-state index contributed by atoms with van der Waals surface area (Å²) >= 11 is 0. The van der Waals surface area contributed by atoms with Crippen molar-refractivity contribution in [1.82, 2.24) is 9.80 Å². The number of nitrogens with zero attached hydrogens (tertiary/aromatic N) is 2. The zero-order chi connectivity index (χ0) is 12.3.